The van der Waals surface area contributed by atoms with Crippen molar-refractivity contribution in [1.29, 1.82) is 0 Å². The summed E-state index contributed by atoms with van der Waals surface area (Å²) in [7, 11) is 1.24. The van der Waals surface area contributed by atoms with Gasteiger partial charge in [0.15, 0.2) is 6.04 Å². The molecule has 6 heteroatoms. The lowest BCUT2D eigenvalue weighted by atomic mass is 9.86. The molecular weight excluding hydrogens is 292 g/mol. The van der Waals surface area contributed by atoms with Crippen molar-refractivity contribution in [2.75, 3.05) is 7.11 Å². The molecule has 1 aromatic rings. The van der Waals surface area contributed by atoms with Gasteiger partial charge >= 0.3 is 5.97 Å². The number of carbonyl (C=O) groups excluding carboxylic acids is 2. The molecule has 2 rings (SSSR count). The van der Waals surface area contributed by atoms with E-state index in [1.807, 2.05) is 0 Å². The van der Waals surface area contributed by atoms with Gasteiger partial charge in [-0.05, 0) is 18.4 Å². The summed E-state index contributed by atoms with van der Waals surface area (Å²) in [4.78, 5) is 24.1. The van der Waals surface area contributed by atoms with Crippen molar-refractivity contribution in [1.82, 2.24) is 5.32 Å². The molecule has 4 nitrogen and oxygen atoms in total. The van der Waals surface area contributed by atoms with Gasteiger partial charge in [0.05, 0.1) is 7.11 Å². The quantitative estimate of drug-likeness (QED) is 0.870. The Hall–Kier alpha value is -1.98. The number of halogens is 2. The molecule has 1 aliphatic rings. The van der Waals surface area contributed by atoms with E-state index in [-0.39, 0.29) is 31.6 Å². The molecule has 120 valence electrons. The summed E-state index contributed by atoms with van der Waals surface area (Å²) < 4.78 is 31.0. The molecule has 22 heavy (non-hydrogen) atoms. The number of alkyl halides is 2. The Bertz CT molecular complexity index is 523. The highest BCUT2D eigenvalue weighted by atomic mass is 19.3. The van der Waals surface area contributed by atoms with Gasteiger partial charge < -0.3 is 10.1 Å². The van der Waals surface area contributed by atoms with Gasteiger partial charge in [-0.1, -0.05) is 30.3 Å². The summed E-state index contributed by atoms with van der Waals surface area (Å²) in [5.74, 6) is -4.14. The average Bonchev–Trinajstić information content (AvgIpc) is 2.52. The number of hydrogen-bond acceptors (Lipinski definition) is 3. The van der Waals surface area contributed by atoms with Gasteiger partial charge in [-0.15, -0.1) is 0 Å². The van der Waals surface area contributed by atoms with E-state index < -0.39 is 23.9 Å². The van der Waals surface area contributed by atoms with Crippen LogP contribution in [0, 0.1) is 5.92 Å². The van der Waals surface area contributed by atoms with E-state index in [0.717, 1.165) is 0 Å². The number of carbonyl (C=O) groups is 2. The molecule has 0 saturated heterocycles. The summed E-state index contributed by atoms with van der Waals surface area (Å²) in [5.41, 5.74) is 0.601. The molecule has 0 spiro atoms. The van der Waals surface area contributed by atoms with E-state index in [1.165, 1.54) is 7.11 Å². The highest BCUT2D eigenvalue weighted by Crippen LogP contribution is 2.36. The molecule has 0 aromatic heterocycles. The summed E-state index contributed by atoms with van der Waals surface area (Å²) >= 11 is 0. The van der Waals surface area contributed by atoms with Gasteiger partial charge in [-0.3, -0.25) is 4.79 Å². The maximum Gasteiger partial charge on any atom is 0.333 e. The Balaban J connectivity index is 2.05. The zero-order valence-corrected chi connectivity index (χ0v) is 12.4. The number of esters is 1. The number of amides is 1. The summed E-state index contributed by atoms with van der Waals surface area (Å²) in [6.45, 7) is 0. The maximum atomic E-state index is 13.1. The predicted octanol–water partition coefficient (Wildman–Crippen LogP) is 2.84. The monoisotopic (exact) mass is 311 g/mol. The van der Waals surface area contributed by atoms with Gasteiger partial charge in [-0.2, -0.15) is 0 Å². The zero-order valence-electron chi connectivity index (χ0n) is 12.4. The topological polar surface area (TPSA) is 55.4 Å². The largest absolute Gasteiger partial charge is 0.467 e. The molecule has 0 bridgehead atoms. The van der Waals surface area contributed by atoms with Crippen LogP contribution >= 0.6 is 0 Å². The van der Waals surface area contributed by atoms with Crippen molar-refractivity contribution in [3.05, 3.63) is 35.9 Å². The molecule has 0 unspecified atom stereocenters. The standard InChI is InChI=1S/C16H19F2NO3/c1-22-15(21)13(11-5-3-2-4-6-11)19-14(20)12-7-9-16(17,18)10-8-12/h2-6,12-13H,7-10H2,1H3,(H,19,20)/t13-/m0/s1. The second-order valence-electron chi connectivity index (χ2n) is 5.51. The number of ether oxygens (including phenoxy) is 1. The lowest BCUT2D eigenvalue weighted by Gasteiger charge is -2.28. The minimum Gasteiger partial charge on any atom is -0.467 e. The minimum atomic E-state index is -2.68. The van der Waals surface area contributed by atoms with Gasteiger partial charge in [0.2, 0.25) is 11.8 Å². The van der Waals surface area contributed by atoms with Gasteiger partial charge in [0.1, 0.15) is 0 Å². The third-order valence-corrected chi connectivity index (χ3v) is 3.94. The van der Waals surface area contributed by atoms with Crippen molar-refractivity contribution in [2.45, 2.75) is 37.6 Å². The van der Waals surface area contributed by atoms with Crippen LogP contribution in [0.15, 0.2) is 30.3 Å². The van der Waals surface area contributed by atoms with Gasteiger partial charge in [0.25, 0.3) is 0 Å². The molecule has 1 saturated carbocycles. The van der Waals surface area contributed by atoms with Crippen molar-refractivity contribution in [2.24, 2.45) is 5.92 Å². The molecule has 1 aromatic carbocycles. The second kappa shape index (κ2) is 6.85. The fourth-order valence-corrected chi connectivity index (χ4v) is 2.60. The molecule has 1 aliphatic carbocycles. The molecule has 1 fully saturated rings. The molecule has 0 radical (unpaired) electrons. The zero-order chi connectivity index (χ0) is 16.2. The summed E-state index contributed by atoms with van der Waals surface area (Å²) in [6, 6.07) is 7.79. The van der Waals surface area contributed by atoms with E-state index in [4.69, 9.17) is 4.74 Å². The van der Waals surface area contributed by atoms with E-state index in [2.05, 4.69) is 5.32 Å². The second-order valence-corrected chi connectivity index (χ2v) is 5.51. The first-order valence-electron chi connectivity index (χ1n) is 7.24. The van der Waals surface area contributed by atoms with Crippen LogP contribution in [0.2, 0.25) is 0 Å². The van der Waals surface area contributed by atoms with E-state index >= 15 is 0 Å². The van der Waals surface area contributed by atoms with Crippen LogP contribution < -0.4 is 5.32 Å². The number of nitrogens with one attached hydrogen (secondary N) is 1. The number of benzene rings is 1. The Morgan fingerprint density at radius 2 is 1.82 bits per heavy atom. The fraction of sp³-hybridized carbons (Fsp3) is 0.500. The first-order chi connectivity index (χ1) is 10.4. The van der Waals surface area contributed by atoms with Crippen molar-refractivity contribution in [3.63, 3.8) is 0 Å². The van der Waals surface area contributed by atoms with Crippen molar-refractivity contribution in [3.8, 4) is 0 Å². The Labute approximate surface area is 127 Å². The first kappa shape index (κ1) is 16.4. The van der Waals surface area contributed by atoms with E-state index in [9.17, 15) is 18.4 Å². The molecule has 0 heterocycles. The molecule has 1 N–H and O–H groups in total. The Morgan fingerprint density at radius 3 is 2.36 bits per heavy atom. The molecule has 1 atom stereocenters. The smallest absolute Gasteiger partial charge is 0.333 e. The highest BCUT2D eigenvalue weighted by Gasteiger charge is 2.38. The lowest BCUT2D eigenvalue weighted by molar-refractivity contribution is -0.146. The van der Waals surface area contributed by atoms with Crippen LogP contribution in [0.1, 0.15) is 37.3 Å². The Kier molecular flexibility index (Phi) is 5.11. The lowest BCUT2D eigenvalue weighted by Crippen LogP contribution is -2.40. The van der Waals surface area contributed by atoms with Gasteiger partial charge in [-0.25, -0.2) is 13.6 Å². The third kappa shape index (κ3) is 4.02. The normalized spacial score (nSPS) is 19.2. The van der Waals surface area contributed by atoms with Crippen LogP contribution in [0.5, 0.6) is 0 Å². The van der Waals surface area contributed by atoms with Crippen molar-refractivity contribution >= 4 is 11.9 Å². The van der Waals surface area contributed by atoms with Crippen LogP contribution in [-0.4, -0.2) is 24.9 Å². The minimum absolute atomic E-state index is 0.127. The maximum absolute atomic E-state index is 13.1. The SMILES string of the molecule is COC(=O)[C@@H](NC(=O)C1CCC(F)(F)CC1)c1ccccc1. The number of methoxy groups -OCH3 is 1. The number of hydrogen-bond donors (Lipinski definition) is 1. The summed E-state index contributed by atoms with van der Waals surface area (Å²) in [5, 5.41) is 2.62. The number of rotatable bonds is 4. The molecule has 0 aliphatic heterocycles. The average molecular weight is 311 g/mol. The fourth-order valence-electron chi connectivity index (χ4n) is 2.60. The molecule has 1 amide bonds. The van der Waals surface area contributed by atoms with Crippen LogP contribution in [0.4, 0.5) is 8.78 Å². The Morgan fingerprint density at radius 1 is 1.23 bits per heavy atom. The predicted molar refractivity (Wildman–Crippen MR) is 76.2 cm³/mol. The molecular formula is C16H19F2NO3. The van der Waals surface area contributed by atoms with Crippen LogP contribution in [0.25, 0.3) is 0 Å². The first-order valence-corrected chi connectivity index (χ1v) is 7.24. The van der Waals surface area contributed by atoms with E-state index in [1.54, 1.807) is 30.3 Å². The van der Waals surface area contributed by atoms with Gasteiger partial charge in [0, 0.05) is 18.8 Å². The van der Waals surface area contributed by atoms with Crippen LogP contribution in [-0.2, 0) is 14.3 Å². The highest BCUT2D eigenvalue weighted by molar-refractivity contribution is 5.86. The third-order valence-electron chi connectivity index (χ3n) is 3.94. The van der Waals surface area contributed by atoms with Crippen molar-refractivity contribution < 1.29 is 23.1 Å². The van der Waals surface area contributed by atoms with E-state index in [0.29, 0.717) is 5.56 Å². The van der Waals surface area contributed by atoms with Crippen LogP contribution in [0.3, 0.4) is 0 Å². The summed E-state index contributed by atoms with van der Waals surface area (Å²) in [6.07, 6.45) is -0.332.